The van der Waals surface area contributed by atoms with E-state index in [0.717, 1.165) is 12.2 Å². The van der Waals surface area contributed by atoms with E-state index < -0.39 is 0 Å². The lowest BCUT2D eigenvalue weighted by molar-refractivity contribution is -0.122. The molecule has 0 saturated carbocycles. The fourth-order valence-corrected chi connectivity index (χ4v) is 2.08. The molecule has 0 fully saturated rings. The van der Waals surface area contributed by atoms with Crippen LogP contribution in [-0.2, 0) is 11.2 Å². The van der Waals surface area contributed by atoms with Crippen LogP contribution < -0.4 is 10.1 Å². The van der Waals surface area contributed by atoms with Gasteiger partial charge in [-0.15, -0.1) is 0 Å². The quantitative estimate of drug-likeness (QED) is 0.868. The Labute approximate surface area is 102 Å². The van der Waals surface area contributed by atoms with E-state index >= 15 is 0 Å². The summed E-state index contributed by atoms with van der Waals surface area (Å²) in [5, 5.41) is 3.03. The number of hydrogen-bond donors (Lipinski definition) is 1. The van der Waals surface area contributed by atoms with Crippen LogP contribution in [0.3, 0.4) is 0 Å². The molecule has 2 rings (SSSR count). The summed E-state index contributed by atoms with van der Waals surface area (Å²) in [6.07, 6.45) is 1.44. The molecule has 0 aromatic heterocycles. The van der Waals surface area contributed by atoms with Crippen LogP contribution in [0.2, 0.25) is 0 Å². The van der Waals surface area contributed by atoms with Gasteiger partial charge in [-0.2, -0.15) is 0 Å². The SMILES string of the molecule is CC(C)CC(=O)NC1COc2ccccc2C1. The zero-order chi connectivity index (χ0) is 12.3. The Kier molecular flexibility index (Phi) is 3.67. The highest BCUT2D eigenvalue weighted by Gasteiger charge is 2.20. The van der Waals surface area contributed by atoms with Crippen LogP contribution in [0.4, 0.5) is 0 Å². The summed E-state index contributed by atoms with van der Waals surface area (Å²) in [5.41, 5.74) is 1.17. The predicted octanol–water partition coefficient (Wildman–Crippen LogP) is 2.15. The first kappa shape index (κ1) is 12.0. The first-order chi connectivity index (χ1) is 8.15. The van der Waals surface area contributed by atoms with E-state index in [0.29, 0.717) is 18.9 Å². The molecule has 17 heavy (non-hydrogen) atoms. The van der Waals surface area contributed by atoms with Crippen molar-refractivity contribution in [2.24, 2.45) is 5.92 Å². The molecule has 1 aliphatic rings. The smallest absolute Gasteiger partial charge is 0.220 e. The Morgan fingerprint density at radius 1 is 1.47 bits per heavy atom. The monoisotopic (exact) mass is 233 g/mol. The number of benzene rings is 1. The second kappa shape index (κ2) is 5.21. The van der Waals surface area contributed by atoms with E-state index in [1.54, 1.807) is 0 Å². The molecule has 1 amide bonds. The fourth-order valence-electron chi connectivity index (χ4n) is 2.08. The minimum Gasteiger partial charge on any atom is -0.491 e. The van der Waals surface area contributed by atoms with Gasteiger partial charge in [0.1, 0.15) is 12.4 Å². The van der Waals surface area contributed by atoms with Crippen molar-refractivity contribution in [2.45, 2.75) is 32.7 Å². The third kappa shape index (κ3) is 3.22. The molecule has 3 nitrogen and oxygen atoms in total. The molecule has 1 N–H and O–H groups in total. The van der Waals surface area contributed by atoms with Crippen LogP contribution >= 0.6 is 0 Å². The molecule has 0 saturated heterocycles. The Bertz CT molecular complexity index is 401. The number of ether oxygens (including phenoxy) is 1. The van der Waals surface area contributed by atoms with Crippen molar-refractivity contribution in [1.82, 2.24) is 5.32 Å². The number of rotatable bonds is 3. The molecule has 0 aliphatic carbocycles. The summed E-state index contributed by atoms with van der Waals surface area (Å²) in [7, 11) is 0. The first-order valence-corrected chi connectivity index (χ1v) is 6.15. The van der Waals surface area contributed by atoms with Crippen molar-refractivity contribution in [3.05, 3.63) is 29.8 Å². The van der Waals surface area contributed by atoms with Crippen LogP contribution in [-0.4, -0.2) is 18.6 Å². The highest BCUT2D eigenvalue weighted by molar-refractivity contribution is 5.76. The summed E-state index contributed by atoms with van der Waals surface area (Å²) in [6.45, 7) is 4.67. The Hall–Kier alpha value is -1.51. The Morgan fingerprint density at radius 3 is 3.00 bits per heavy atom. The average Bonchev–Trinajstić information content (AvgIpc) is 2.27. The largest absolute Gasteiger partial charge is 0.491 e. The number of carbonyl (C=O) groups excluding carboxylic acids is 1. The van der Waals surface area contributed by atoms with E-state index in [1.807, 2.05) is 32.0 Å². The van der Waals surface area contributed by atoms with Crippen LogP contribution in [0.5, 0.6) is 5.75 Å². The lowest BCUT2D eigenvalue weighted by Gasteiger charge is -2.26. The standard InChI is InChI=1S/C14H19NO2/c1-10(2)7-14(16)15-12-8-11-5-3-4-6-13(11)17-9-12/h3-6,10,12H,7-9H2,1-2H3,(H,15,16). The minimum atomic E-state index is 0.108. The minimum absolute atomic E-state index is 0.108. The normalized spacial score (nSPS) is 18.4. The van der Waals surface area contributed by atoms with Gasteiger partial charge >= 0.3 is 0 Å². The summed E-state index contributed by atoms with van der Waals surface area (Å²) in [5.74, 6) is 1.46. The molecule has 0 radical (unpaired) electrons. The van der Waals surface area contributed by atoms with Crippen molar-refractivity contribution in [3.8, 4) is 5.75 Å². The van der Waals surface area contributed by atoms with Crippen LogP contribution in [0.15, 0.2) is 24.3 Å². The molecule has 1 atom stereocenters. The maximum absolute atomic E-state index is 11.7. The Balaban J connectivity index is 1.92. The zero-order valence-electron chi connectivity index (χ0n) is 10.4. The molecular formula is C14H19NO2. The van der Waals surface area contributed by atoms with Crippen molar-refractivity contribution in [2.75, 3.05) is 6.61 Å². The van der Waals surface area contributed by atoms with Gasteiger partial charge in [0.15, 0.2) is 0 Å². The van der Waals surface area contributed by atoms with Gasteiger partial charge in [0.25, 0.3) is 0 Å². The fraction of sp³-hybridized carbons (Fsp3) is 0.500. The Morgan fingerprint density at radius 2 is 2.24 bits per heavy atom. The number of amides is 1. The molecule has 0 spiro atoms. The predicted molar refractivity (Wildman–Crippen MR) is 67.0 cm³/mol. The first-order valence-electron chi connectivity index (χ1n) is 6.15. The third-order valence-electron chi connectivity index (χ3n) is 2.84. The van der Waals surface area contributed by atoms with Crippen LogP contribution in [0.25, 0.3) is 0 Å². The van der Waals surface area contributed by atoms with Crippen molar-refractivity contribution >= 4 is 5.91 Å². The number of hydrogen-bond acceptors (Lipinski definition) is 2. The molecule has 1 heterocycles. The van der Waals surface area contributed by atoms with E-state index in [4.69, 9.17) is 4.74 Å². The number of nitrogens with one attached hydrogen (secondary N) is 1. The van der Waals surface area contributed by atoms with Gasteiger partial charge < -0.3 is 10.1 Å². The summed E-state index contributed by atoms with van der Waals surface area (Å²) in [4.78, 5) is 11.7. The van der Waals surface area contributed by atoms with Crippen molar-refractivity contribution < 1.29 is 9.53 Å². The highest BCUT2D eigenvalue weighted by Crippen LogP contribution is 2.23. The third-order valence-corrected chi connectivity index (χ3v) is 2.84. The second-order valence-electron chi connectivity index (χ2n) is 4.99. The van der Waals surface area contributed by atoms with Gasteiger partial charge in [-0.05, 0) is 24.0 Å². The average molecular weight is 233 g/mol. The van der Waals surface area contributed by atoms with Crippen LogP contribution in [0, 0.1) is 5.92 Å². The molecule has 92 valence electrons. The molecule has 1 aromatic rings. The second-order valence-corrected chi connectivity index (χ2v) is 4.99. The maximum Gasteiger partial charge on any atom is 0.220 e. The molecule has 1 unspecified atom stereocenters. The van der Waals surface area contributed by atoms with E-state index in [1.165, 1.54) is 5.56 Å². The highest BCUT2D eigenvalue weighted by atomic mass is 16.5. The molecule has 1 aromatic carbocycles. The summed E-state index contributed by atoms with van der Waals surface area (Å²) >= 11 is 0. The van der Waals surface area contributed by atoms with Gasteiger partial charge in [-0.25, -0.2) is 0 Å². The number of para-hydroxylation sites is 1. The van der Waals surface area contributed by atoms with Gasteiger partial charge in [0.2, 0.25) is 5.91 Å². The molecular weight excluding hydrogens is 214 g/mol. The maximum atomic E-state index is 11.7. The lowest BCUT2D eigenvalue weighted by Crippen LogP contribution is -2.43. The molecule has 0 bridgehead atoms. The zero-order valence-corrected chi connectivity index (χ0v) is 10.4. The lowest BCUT2D eigenvalue weighted by atomic mass is 10.0. The number of fused-ring (bicyclic) bond motifs is 1. The number of carbonyl (C=O) groups is 1. The van der Waals surface area contributed by atoms with Gasteiger partial charge in [-0.3, -0.25) is 4.79 Å². The molecule has 3 heteroatoms. The van der Waals surface area contributed by atoms with E-state index in [-0.39, 0.29) is 11.9 Å². The van der Waals surface area contributed by atoms with Crippen molar-refractivity contribution in [1.29, 1.82) is 0 Å². The van der Waals surface area contributed by atoms with E-state index in [9.17, 15) is 4.79 Å². The topological polar surface area (TPSA) is 38.3 Å². The molecule has 1 aliphatic heterocycles. The summed E-state index contributed by atoms with van der Waals surface area (Å²) in [6, 6.07) is 8.10. The van der Waals surface area contributed by atoms with E-state index in [2.05, 4.69) is 11.4 Å². The van der Waals surface area contributed by atoms with Gasteiger partial charge in [0.05, 0.1) is 6.04 Å². The summed E-state index contributed by atoms with van der Waals surface area (Å²) < 4.78 is 5.63. The van der Waals surface area contributed by atoms with Gasteiger partial charge in [-0.1, -0.05) is 32.0 Å². The van der Waals surface area contributed by atoms with Crippen LogP contribution in [0.1, 0.15) is 25.8 Å². The van der Waals surface area contributed by atoms with Crippen molar-refractivity contribution in [3.63, 3.8) is 0 Å². The van der Waals surface area contributed by atoms with Gasteiger partial charge in [0, 0.05) is 6.42 Å².